The van der Waals surface area contributed by atoms with Crippen LogP contribution in [-0.4, -0.2) is 48.9 Å². The number of aromatic nitrogens is 2. The van der Waals surface area contributed by atoms with Gasteiger partial charge in [0.25, 0.3) is 5.91 Å². The van der Waals surface area contributed by atoms with Crippen LogP contribution in [0.1, 0.15) is 18.4 Å². The number of amides is 1. The predicted molar refractivity (Wildman–Crippen MR) is 107 cm³/mol. The van der Waals surface area contributed by atoms with E-state index >= 15 is 0 Å². The van der Waals surface area contributed by atoms with Gasteiger partial charge >= 0.3 is 6.18 Å². The van der Waals surface area contributed by atoms with E-state index in [4.69, 9.17) is 0 Å². The van der Waals surface area contributed by atoms with Crippen molar-refractivity contribution in [3.8, 4) is 0 Å². The lowest BCUT2D eigenvalue weighted by atomic mass is 9.98. The van der Waals surface area contributed by atoms with Crippen LogP contribution in [0, 0.1) is 5.92 Å². The first-order valence-electron chi connectivity index (χ1n) is 9.54. The number of alkyl halides is 5. The van der Waals surface area contributed by atoms with E-state index in [0.29, 0.717) is 4.68 Å². The highest BCUT2D eigenvalue weighted by Gasteiger charge is 2.34. The molecule has 1 aromatic heterocycles. The van der Waals surface area contributed by atoms with E-state index in [1.165, 1.54) is 36.4 Å². The summed E-state index contributed by atoms with van der Waals surface area (Å²) in [6.45, 7) is -1.34. The molecule has 1 N–H and O–H groups in total. The minimum Gasteiger partial charge on any atom is -0.305 e. The number of anilines is 1. The van der Waals surface area contributed by atoms with Gasteiger partial charge in [-0.2, -0.15) is 18.3 Å². The zero-order chi connectivity index (χ0) is 23.7. The molecule has 0 unspecified atom stereocenters. The van der Waals surface area contributed by atoms with Gasteiger partial charge in [0.05, 0.1) is 4.90 Å². The molecule has 0 aliphatic heterocycles. The minimum absolute atomic E-state index is 0.00159. The number of hydrogen-bond donors (Lipinski definition) is 1. The highest BCUT2D eigenvalue weighted by atomic mass is 32.2. The van der Waals surface area contributed by atoms with Crippen LogP contribution >= 0.6 is 0 Å². The van der Waals surface area contributed by atoms with Gasteiger partial charge in [-0.3, -0.25) is 9.48 Å². The summed E-state index contributed by atoms with van der Waals surface area (Å²) in [6.07, 6.45) is -4.61. The largest absolute Gasteiger partial charge is 0.408 e. The molecule has 0 saturated heterocycles. The number of rotatable bonds is 6. The Morgan fingerprint density at radius 2 is 1.75 bits per heavy atom. The molecule has 174 valence electrons. The number of sulfone groups is 1. The Kier molecular flexibility index (Phi) is 6.72. The Balaban J connectivity index is 1.88. The Morgan fingerprint density at radius 1 is 1.16 bits per heavy atom. The third-order valence-electron chi connectivity index (χ3n) is 4.91. The van der Waals surface area contributed by atoms with E-state index < -0.39 is 46.7 Å². The standard InChI is InChI=1S/C20H20F5N3O3S/c1-32(30,31)14-4-2-13(3-5-14)15(8-12-9-16(21)17(22)10-12)19(29)26-18-6-7-28(27-18)11-20(23,24)25/h2-8,12,16-17H,9-11H2,1H3,(H,26,27,29)/b15-8+/t12-,16+,17-. The molecule has 1 saturated carbocycles. The van der Waals surface area contributed by atoms with Crippen molar-refractivity contribution in [2.45, 2.75) is 42.8 Å². The molecule has 1 aromatic carbocycles. The number of halogens is 5. The summed E-state index contributed by atoms with van der Waals surface area (Å²) < 4.78 is 88.7. The fourth-order valence-corrected chi connectivity index (χ4v) is 4.04. The van der Waals surface area contributed by atoms with Gasteiger partial charge in [0.1, 0.15) is 18.9 Å². The molecule has 1 fully saturated rings. The van der Waals surface area contributed by atoms with E-state index in [-0.39, 0.29) is 34.7 Å². The van der Waals surface area contributed by atoms with E-state index in [1.54, 1.807) is 0 Å². The first kappa shape index (κ1) is 23.9. The van der Waals surface area contributed by atoms with Crippen LogP contribution in [0.4, 0.5) is 27.8 Å². The predicted octanol–water partition coefficient (Wildman–Crippen LogP) is 3.96. The molecule has 6 nitrogen and oxygen atoms in total. The van der Waals surface area contributed by atoms with Crippen LogP contribution in [-0.2, 0) is 21.2 Å². The summed E-state index contributed by atoms with van der Waals surface area (Å²) in [6, 6.07) is 6.50. The molecule has 0 spiro atoms. The molecule has 12 heteroatoms. The summed E-state index contributed by atoms with van der Waals surface area (Å²) in [5.41, 5.74) is 0.282. The molecule has 1 aliphatic carbocycles. The van der Waals surface area contributed by atoms with E-state index in [0.717, 1.165) is 12.5 Å². The number of nitrogens with one attached hydrogen (secondary N) is 1. The molecular formula is C20H20F5N3O3S. The fraction of sp³-hybridized carbons (Fsp3) is 0.400. The van der Waals surface area contributed by atoms with Gasteiger partial charge in [-0.05, 0) is 36.5 Å². The molecular weight excluding hydrogens is 457 g/mol. The summed E-state index contributed by atoms with van der Waals surface area (Å²) >= 11 is 0. The average Bonchev–Trinajstić information content (AvgIpc) is 3.23. The Hall–Kier alpha value is -2.76. The van der Waals surface area contributed by atoms with Gasteiger partial charge in [-0.15, -0.1) is 0 Å². The van der Waals surface area contributed by atoms with Crippen molar-refractivity contribution in [2.24, 2.45) is 5.92 Å². The van der Waals surface area contributed by atoms with Crippen LogP contribution in [0.3, 0.4) is 0 Å². The van der Waals surface area contributed by atoms with Gasteiger partial charge in [-0.1, -0.05) is 18.2 Å². The van der Waals surface area contributed by atoms with Crippen molar-refractivity contribution in [1.82, 2.24) is 9.78 Å². The van der Waals surface area contributed by atoms with Crippen molar-refractivity contribution in [3.63, 3.8) is 0 Å². The summed E-state index contributed by atoms with van der Waals surface area (Å²) in [5.74, 6) is -1.48. The third-order valence-corrected chi connectivity index (χ3v) is 6.04. The van der Waals surface area contributed by atoms with Crippen LogP contribution < -0.4 is 5.32 Å². The molecule has 1 heterocycles. The van der Waals surface area contributed by atoms with Crippen LogP contribution in [0.15, 0.2) is 47.5 Å². The molecule has 32 heavy (non-hydrogen) atoms. The van der Waals surface area contributed by atoms with Crippen molar-refractivity contribution >= 4 is 27.1 Å². The topological polar surface area (TPSA) is 81.1 Å². The van der Waals surface area contributed by atoms with Gasteiger partial charge in [0, 0.05) is 24.1 Å². The normalized spacial score (nSPS) is 22.2. The smallest absolute Gasteiger partial charge is 0.305 e. The van der Waals surface area contributed by atoms with Crippen molar-refractivity contribution in [2.75, 3.05) is 11.6 Å². The average molecular weight is 477 g/mol. The Bertz CT molecular complexity index is 1100. The molecule has 1 aliphatic rings. The lowest BCUT2D eigenvalue weighted by Crippen LogP contribution is -2.19. The lowest BCUT2D eigenvalue weighted by Gasteiger charge is -2.12. The lowest BCUT2D eigenvalue weighted by molar-refractivity contribution is -0.142. The number of nitrogens with zero attached hydrogens (tertiary/aromatic N) is 2. The zero-order valence-corrected chi connectivity index (χ0v) is 17.6. The van der Waals surface area contributed by atoms with Crippen LogP contribution in [0.2, 0.25) is 0 Å². The van der Waals surface area contributed by atoms with Crippen molar-refractivity contribution in [3.05, 3.63) is 48.2 Å². The van der Waals surface area contributed by atoms with Gasteiger partial charge in [-0.25, -0.2) is 17.2 Å². The maximum Gasteiger partial charge on any atom is 0.408 e. The summed E-state index contributed by atoms with van der Waals surface area (Å²) in [4.78, 5) is 12.9. The van der Waals surface area contributed by atoms with Gasteiger partial charge in [0.15, 0.2) is 15.7 Å². The van der Waals surface area contributed by atoms with E-state index in [2.05, 4.69) is 10.4 Å². The summed E-state index contributed by atoms with van der Waals surface area (Å²) in [7, 11) is -3.49. The number of hydrogen-bond acceptors (Lipinski definition) is 4. The number of carbonyl (C=O) groups is 1. The first-order valence-corrected chi connectivity index (χ1v) is 11.4. The van der Waals surface area contributed by atoms with E-state index in [9.17, 15) is 35.2 Å². The maximum atomic E-state index is 13.6. The quantitative estimate of drug-likeness (QED) is 0.505. The highest BCUT2D eigenvalue weighted by molar-refractivity contribution is 7.90. The number of carbonyl (C=O) groups excluding carboxylic acids is 1. The Labute approximate surface area is 181 Å². The first-order chi connectivity index (χ1) is 14.8. The SMILES string of the molecule is CS(=O)(=O)c1ccc(/C(=C\[C@H]2C[C@@H](F)[C@@H](F)C2)C(=O)Nc2ccn(CC(F)(F)F)n2)cc1. The molecule has 3 rings (SSSR count). The molecule has 0 radical (unpaired) electrons. The minimum atomic E-state index is -4.49. The molecule has 3 atom stereocenters. The monoisotopic (exact) mass is 477 g/mol. The van der Waals surface area contributed by atoms with Crippen LogP contribution in [0.25, 0.3) is 5.57 Å². The second kappa shape index (κ2) is 9.00. The second-order valence-electron chi connectivity index (χ2n) is 7.61. The van der Waals surface area contributed by atoms with Crippen LogP contribution in [0.5, 0.6) is 0 Å². The zero-order valence-electron chi connectivity index (χ0n) is 16.8. The third kappa shape index (κ3) is 6.15. The van der Waals surface area contributed by atoms with E-state index in [1.807, 2.05) is 0 Å². The van der Waals surface area contributed by atoms with Crippen molar-refractivity contribution < 1.29 is 35.2 Å². The Morgan fingerprint density at radius 3 is 2.28 bits per heavy atom. The molecule has 2 aromatic rings. The van der Waals surface area contributed by atoms with Crippen molar-refractivity contribution in [1.29, 1.82) is 0 Å². The highest BCUT2D eigenvalue weighted by Crippen LogP contribution is 2.34. The number of benzene rings is 1. The molecule has 1 amide bonds. The molecule has 0 bridgehead atoms. The second-order valence-corrected chi connectivity index (χ2v) is 9.62. The summed E-state index contributed by atoms with van der Waals surface area (Å²) in [5, 5.41) is 6.03. The van der Waals surface area contributed by atoms with Gasteiger partial charge in [0.2, 0.25) is 0 Å². The van der Waals surface area contributed by atoms with Gasteiger partial charge < -0.3 is 5.32 Å². The number of allylic oxidation sites excluding steroid dienone is 1. The maximum absolute atomic E-state index is 13.6. The fourth-order valence-electron chi connectivity index (χ4n) is 3.41.